The molecular weight excluding hydrogens is 350 g/mol. The van der Waals surface area contributed by atoms with Gasteiger partial charge in [0.25, 0.3) is 5.69 Å². The molecule has 0 unspecified atom stereocenters. The number of nitro groups is 1. The number of halogens is 2. The number of carbonyl (C=O) groups excluding carboxylic acids is 1. The van der Waals surface area contributed by atoms with E-state index < -0.39 is 10.9 Å². The largest absolute Gasteiger partial charge is 0.466 e. The minimum Gasteiger partial charge on any atom is -0.466 e. The van der Waals surface area contributed by atoms with Crippen LogP contribution in [0.2, 0.25) is 0 Å². The molecule has 0 aromatic heterocycles. The Morgan fingerprint density at radius 1 is 1.40 bits per heavy atom. The van der Waals surface area contributed by atoms with Crippen LogP contribution in [0.5, 0.6) is 0 Å². The Hall–Kier alpha value is -1.66. The minimum atomic E-state index is -0.485. The first-order valence-electron chi connectivity index (χ1n) is 5.45. The summed E-state index contributed by atoms with van der Waals surface area (Å²) in [4.78, 5) is 21.4. The third kappa shape index (κ3) is 4.47. The molecular formula is C13H11BrClNO4. The smallest absolute Gasteiger partial charge is 0.334 e. The summed E-state index contributed by atoms with van der Waals surface area (Å²) in [7, 11) is 1.29. The summed E-state index contributed by atoms with van der Waals surface area (Å²) >= 11 is 9.24. The number of non-ortho nitro benzene ring substituents is 1. The quantitative estimate of drug-likeness (QED) is 0.201. The van der Waals surface area contributed by atoms with Gasteiger partial charge in [0.1, 0.15) is 0 Å². The number of rotatable bonds is 5. The van der Waals surface area contributed by atoms with Crippen molar-refractivity contribution in [2.24, 2.45) is 0 Å². The summed E-state index contributed by atoms with van der Waals surface area (Å²) in [5.74, 6) is -0.453. The molecule has 0 aliphatic rings. The van der Waals surface area contributed by atoms with Crippen LogP contribution in [0.4, 0.5) is 5.69 Å². The first kappa shape index (κ1) is 16.4. The van der Waals surface area contributed by atoms with E-state index in [2.05, 4.69) is 20.7 Å². The van der Waals surface area contributed by atoms with E-state index in [0.29, 0.717) is 21.5 Å². The van der Waals surface area contributed by atoms with Crippen molar-refractivity contribution in [2.45, 2.75) is 0 Å². The highest BCUT2D eigenvalue weighted by Gasteiger charge is 2.08. The van der Waals surface area contributed by atoms with Crippen LogP contribution in [0.15, 0.2) is 42.0 Å². The molecule has 0 aliphatic carbocycles. The van der Waals surface area contributed by atoms with Crippen molar-refractivity contribution in [3.05, 3.63) is 57.7 Å². The summed E-state index contributed by atoms with van der Waals surface area (Å²) in [5, 5.41) is 11.2. The number of carbonyl (C=O) groups is 1. The maximum atomic E-state index is 11.3. The minimum absolute atomic E-state index is 0.00975. The maximum Gasteiger partial charge on any atom is 0.334 e. The molecule has 0 aliphatic heterocycles. The summed E-state index contributed by atoms with van der Waals surface area (Å²) in [6.07, 6.45) is 3.07. The molecule has 0 bridgehead atoms. The number of hydrogen-bond acceptors (Lipinski definition) is 4. The number of allylic oxidation sites excluding steroid dienone is 2. The Balaban J connectivity index is 2.96. The van der Waals surface area contributed by atoms with Crippen LogP contribution in [0.3, 0.4) is 0 Å². The van der Waals surface area contributed by atoms with Crippen LogP contribution in [-0.4, -0.2) is 23.3 Å². The van der Waals surface area contributed by atoms with E-state index in [4.69, 9.17) is 11.6 Å². The summed E-state index contributed by atoms with van der Waals surface area (Å²) < 4.78 is 4.60. The fraction of sp³-hybridized carbons (Fsp3) is 0.154. The highest BCUT2D eigenvalue weighted by Crippen LogP contribution is 2.22. The molecule has 20 heavy (non-hydrogen) atoms. The van der Waals surface area contributed by atoms with Gasteiger partial charge in [-0.05, 0) is 29.8 Å². The Kier molecular flexibility index (Phi) is 6.41. The lowest BCUT2D eigenvalue weighted by molar-refractivity contribution is -0.384. The number of esters is 1. The maximum absolute atomic E-state index is 11.3. The van der Waals surface area contributed by atoms with Crippen molar-refractivity contribution >= 4 is 44.2 Å². The summed E-state index contributed by atoms with van der Waals surface area (Å²) in [6.45, 7) is 0. The SMILES string of the molecule is COC(=O)/C(=C/C=C(\Cl)c1ccc([N+](=O)[O-])cc1)CBr. The van der Waals surface area contributed by atoms with Crippen LogP contribution in [-0.2, 0) is 9.53 Å². The zero-order valence-corrected chi connectivity index (χ0v) is 12.8. The second-order valence-electron chi connectivity index (χ2n) is 3.64. The number of nitro benzene ring substituents is 1. The standard InChI is InChI=1S/C13H11BrClNO4/c1-20-13(17)10(8-14)4-7-12(15)9-2-5-11(6-3-9)16(18)19/h2-7H,8H2,1H3/b10-4+,12-7-. The van der Waals surface area contributed by atoms with Crippen molar-refractivity contribution in [1.29, 1.82) is 0 Å². The number of benzene rings is 1. The van der Waals surface area contributed by atoms with E-state index in [-0.39, 0.29) is 5.69 Å². The Bertz CT molecular complexity index is 566. The van der Waals surface area contributed by atoms with Crippen molar-refractivity contribution in [2.75, 3.05) is 12.4 Å². The van der Waals surface area contributed by atoms with Gasteiger partial charge in [0.15, 0.2) is 0 Å². The third-order valence-electron chi connectivity index (χ3n) is 2.38. The van der Waals surface area contributed by atoms with Gasteiger partial charge in [0, 0.05) is 28.1 Å². The molecule has 5 nitrogen and oxygen atoms in total. The first-order valence-corrected chi connectivity index (χ1v) is 6.95. The number of nitrogens with zero attached hydrogens (tertiary/aromatic N) is 1. The van der Waals surface area contributed by atoms with E-state index in [1.807, 2.05) is 0 Å². The molecule has 0 radical (unpaired) electrons. The molecule has 0 fully saturated rings. The van der Waals surface area contributed by atoms with Gasteiger partial charge in [-0.3, -0.25) is 10.1 Å². The zero-order valence-electron chi connectivity index (χ0n) is 10.5. The van der Waals surface area contributed by atoms with Gasteiger partial charge in [-0.25, -0.2) is 4.79 Å². The Morgan fingerprint density at radius 3 is 2.45 bits per heavy atom. The van der Waals surface area contributed by atoms with Crippen LogP contribution >= 0.6 is 27.5 Å². The molecule has 7 heteroatoms. The molecule has 0 spiro atoms. The van der Waals surface area contributed by atoms with Crippen molar-refractivity contribution in [1.82, 2.24) is 0 Å². The molecule has 0 amide bonds. The highest BCUT2D eigenvalue weighted by molar-refractivity contribution is 9.09. The van der Waals surface area contributed by atoms with Crippen LogP contribution < -0.4 is 0 Å². The van der Waals surface area contributed by atoms with Gasteiger partial charge in [-0.2, -0.15) is 0 Å². The van der Waals surface area contributed by atoms with E-state index in [1.54, 1.807) is 0 Å². The van der Waals surface area contributed by atoms with Crippen LogP contribution in [0.25, 0.3) is 5.03 Å². The molecule has 106 valence electrons. The predicted molar refractivity (Wildman–Crippen MR) is 80.8 cm³/mol. The lowest BCUT2D eigenvalue weighted by Crippen LogP contribution is -2.05. The second kappa shape index (κ2) is 7.81. The summed E-state index contributed by atoms with van der Waals surface area (Å²) in [6, 6.07) is 5.80. The predicted octanol–water partition coefficient (Wildman–Crippen LogP) is 3.67. The summed E-state index contributed by atoms with van der Waals surface area (Å²) in [5.41, 5.74) is 1.02. The van der Waals surface area contributed by atoms with E-state index in [0.717, 1.165) is 0 Å². The highest BCUT2D eigenvalue weighted by atomic mass is 79.9. The van der Waals surface area contributed by atoms with Gasteiger partial charge in [0.2, 0.25) is 0 Å². The molecule has 0 saturated heterocycles. The average Bonchev–Trinajstić information content (AvgIpc) is 2.47. The lowest BCUT2D eigenvalue weighted by atomic mass is 10.1. The van der Waals surface area contributed by atoms with E-state index >= 15 is 0 Å². The fourth-order valence-electron chi connectivity index (χ4n) is 1.31. The van der Waals surface area contributed by atoms with Gasteiger partial charge < -0.3 is 4.74 Å². The first-order chi connectivity index (χ1) is 9.49. The number of alkyl halides is 1. The molecule has 1 rings (SSSR count). The van der Waals surface area contributed by atoms with E-state index in [9.17, 15) is 14.9 Å². The molecule has 0 heterocycles. The fourth-order valence-corrected chi connectivity index (χ4v) is 1.92. The Morgan fingerprint density at radius 2 is 2.00 bits per heavy atom. The molecule has 0 N–H and O–H groups in total. The topological polar surface area (TPSA) is 69.4 Å². The molecule has 0 atom stereocenters. The van der Waals surface area contributed by atoms with Crippen molar-refractivity contribution < 1.29 is 14.5 Å². The normalized spacial score (nSPS) is 12.2. The van der Waals surface area contributed by atoms with Gasteiger partial charge in [0.05, 0.1) is 12.0 Å². The van der Waals surface area contributed by atoms with Gasteiger partial charge in [-0.15, -0.1) is 0 Å². The Labute approximate surface area is 129 Å². The van der Waals surface area contributed by atoms with Gasteiger partial charge in [-0.1, -0.05) is 27.5 Å². The number of methoxy groups -OCH3 is 1. The van der Waals surface area contributed by atoms with Crippen molar-refractivity contribution in [3.8, 4) is 0 Å². The average molecular weight is 361 g/mol. The number of ether oxygens (including phenoxy) is 1. The van der Waals surface area contributed by atoms with Crippen molar-refractivity contribution in [3.63, 3.8) is 0 Å². The molecule has 0 saturated carbocycles. The lowest BCUT2D eigenvalue weighted by Gasteiger charge is -2.00. The zero-order chi connectivity index (χ0) is 15.1. The third-order valence-corrected chi connectivity index (χ3v) is 3.32. The van der Waals surface area contributed by atoms with Crippen LogP contribution in [0, 0.1) is 10.1 Å². The molecule has 1 aromatic rings. The molecule has 1 aromatic carbocycles. The van der Waals surface area contributed by atoms with Crippen LogP contribution in [0.1, 0.15) is 5.56 Å². The van der Waals surface area contributed by atoms with Gasteiger partial charge >= 0.3 is 5.97 Å². The number of hydrogen-bond donors (Lipinski definition) is 0. The second-order valence-corrected chi connectivity index (χ2v) is 4.60. The monoisotopic (exact) mass is 359 g/mol. The van der Waals surface area contributed by atoms with E-state index in [1.165, 1.54) is 43.5 Å².